The van der Waals surface area contributed by atoms with E-state index >= 15 is 0 Å². The molecule has 0 N–H and O–H groups in total. The normalized spacial score (nSPS) is 12.6. The average molecular weight is 719 g/mol. The van der Waals surface area contributed by atoms with Crippen molar-refractivity contribution in [3.8, 4) is 33.4 Å². The number of hydrogen-bond acceptors (Lipinski definition) is 2. The van der Waals surface area contributed by atoms with Gasteiger partial charge in [-0.05, 0) is 144 Å². The first kappa shape index (κ1) is 34.0. The average Bonchev–Trinajstić information content (AvgIpc) is 3.21. The fourth-order valence-corrected chi connectivity index (χ4v) is 9.45. The van der Waals surface area contributed by atoms with E-state index in [0.29, 0.717) is 0 Å². The van der Waals surface area contributed by atoms with E-state index in [-0.39, 0.29) is 6.71 Å². The minimum absolute atomic E-state index is 0.0683. The molecule has 8 aromatic rings. The highest BCUT2D eigenvalue weighted by molar-refractivity contribution is 7.00. The second-order valence-electron chi connectivity index (χ2n) is 15.8. The lowest BCUT2D eigenvalue weighted by Gasteiger charge is -2.44. The molecule has 3 heteroatoms. The fraction of sp³-hybridized carbons (Fsp3) is 0.0943. The number of anilines is 6. The van der Waals surface area contributed by atoms with Crippen LogP contribution in [0, 0.1) is 34.6 Å². The Morgan fingerprint density at radius 2 is 0.750 bits per heavy atom. The van der Waals surface area contributed by atoms with Gasteiger partial charge in [0.05, 0.1) is 0 Å². The molecule has 56 heavy (non-hydrogen) atoms. The number of benzene rings is 8. The van der Waals surface area contributed by atoms with Gasteiger partial charge in [0.1, 0.15) is 0 Å². The maximum atomic E-state index is 2.53. The number of nitrogens with zero attached hydrogens (tertiary/aromatic N) is 2. The van der Waals surface area contributed by atoms with Crippen LogP contribution in [0.5, 0.6) is 0 Å². The molecule has 0 spiro atoms. The third-order valence-electron chi connectivity index (χ3n) is 11.8. The molecule has 0 fully saturated rings. The second-order valence-corrected chi connectivity index (χ2v) is 15.8. The molecule has 0 amide bonds. The summed E-state index contributed by atoms with van der Waals surface area (Å²) in [6, 6.07) is 63.3. The summed E-state index contributed by atoms with van der Waals surface area (Å²) in [7, 11) is 0. The van der Waals surface area contributed by atoms with Crippen molar-refractivity contribution in [2.45, 2.75) is 34.6 Å². The molecule has 0 atom stereocenters. The molecule has 2 aliphatic rings. The van der Waals surface area contributed by atoms with Crippen molar-refractivity contribution >= 4 is 57.2 Å². The van der Waals surface area contributed by atoms with Crippen molar-refractivity contribution in [3.05, 3.63) is 198 Å². The first-order valence-corrected chi connectivity index (χ1v) is 19.7. The van der Waals surface area contributed by atoms with Gasteiger partial charge in [-0.3, -0.25) is 0 Å². The third kappa shape index (κ3) is 5.57. The van der Waals surface area contributed by atoms with Crippen LogP contribution in [0.2, 0.25) is 0 Å². The molecule has 0 unspecified atom stereocenters. The van der Waals surface area contributed by atoms with Crippen molar-refractivity contribution < 1.29 is 0 Å². The SMILES string of the molecule is Cc1cc(C)c(-c2cc3c4c(c2)N(c2ccc(-c5ccccc5)cc2)c2ccc(C)cc2B4c2cc(C)ccc2N3c2ccc(-c3ccccc3)cc2)c(C)c1. The van der Waals surface area contributed by atoms with Crippen LogP contribution < -0.4 is 26.2 Å². The molecule has 2 aliphatic heterocycles. The minimum Gasteiger partial charge on any atom is -0.311 e. The van der Waals surface area contributed by atoms with Crippen LogP contribution in [-0.2, 0) is 0 Å². The van der Waals surface area contributed by atoms with E-state index < -0.39 is 0 Å². The highest BCUT2D eigenvalue weighted by atomic mass is 15.2. The first-order chi connectivity index (χ1) is 27.3. The molecule has 268 valence electrons. The maximum absolute atomic E-state index is 2.53. The number of rotatable bonds is 5. The van der Waals surface area contributed by atoms with E-state index in [2.05, 4.69) is 214 Å². The van der Waals surface area contributed by atoms with Crippen molar-refractivity contribution in [1.82, 2.24) is 0 Å². The van der Waals surface area contributed by atoms with Gasteiger partial charge < -0.3 is 9.80 Å². The van der Waals surface area contributed by atoms with Gasteiger partial charge in [0.25, 0.3) is 6.71 Å². The quantitative estimate of drug-likeness (QED) is 0.164. The second kappa shape index (κ2) is 13.3. The Balaban J connectivity index is 1.27. The molecule has 0 radical (unpaired) electrons. The maximum Gasteiger partial charge on any atom is 0.252 e. The van der Waals surface area contributed by atoms with Gasteiger partial charge in [-0.15, -0.1) is 0 Å². The largest absolute Gasteiger partial charge is 0.311 e. The summed E-state index contributed by atoms with van der Waals surface area (Å²) in [5.41, 5.74) is 25.0. The van der Waals surface area contributed by atoms with Crippen molar-refractivity contribution in [1.29, 1.82) is 0 Å². The van der Waals surface area contributed by atoms with Crippen LogP contribution in [0.4, 0.5) is 34.1 Å². The van der Waals surface area contributed by atoms with Gasteiger partial charge in [0.15, 0.2) is 0 Å². The smallest absolute Gasteiger partial charge is 0.252 e. The zero-order chi connectivity index (χ0) is 38.1. The van der Waals surface area contributed by atoms with Crippen LogP contribution in [0.3, 0.4) is 0 Å². The van der Waals surface area contributed by atoms with E-state index in [9.17, 15) is 0 Å². The van der Waals surface area contributed by atoms with Gasteiger partial charge >= 0.3 is 0 Å². The lowest BCUT2D eigenvalue weighted by atomic mass is 9.33. The molecule has 2 heterocycles. The molecule has 8 aromatic carbocycles. The van der Waals surface area contributed by atoms with E-state index in [4.69, 9.17) is 0 Å². The van der Waals surface area contributed by atoms with Crippen molar-refractivity contribution in [3.63, 3.8) is 0 Å². The van der Waals surface area contributed by atoms with Crippen LogP contribution in [0.15, 0.2) is 170 Å². The molecule has 0 bridgehead atoms. The van der Waals surface area contributed by atoms with Crippen molar-refractivity contribution in [2.75, 3.05) is 9.80 Å². The van der Waals surface area contributed by atoms with E-state index in [1.807, 2.05) is 0 Å². The number of aryl methyl sites for hydroxylation is 5. The standard InChI is InChI=1S/C53H43BN2/c1-34-16-26-48-46(30-34)54-47-31-35(2)17-27-49(47)56(45-24-20-42(21-25-45)40-14-10-7-11-15-40)51-33-43(52-37(4)28-36(3)29-38(52)5)32-50(53(51)54)55(48)44-22-18-41(19-23-44)39-12-8-6-9-13-39/h6-33H,1-5H3. The summed E-state index contributed by atoms with van der Waals surface area (Å²) in [6.07, 6.45) is 0. The zero-order valence-electron chi connectivity index (χ0n) is 32.6. The molecule has 2 nitrogen and oxygen atoms in total. The topological polar surface area (TPSA) is 6.48 Å². The molecule has 0 saturated carbocycles. The molecule has 0 aromatic heterocycles. The fourth-order valence-electron chi connectivity index (χ4n) is 9.45. The highest BCUT2D eigenvalue weighted by Gasteiger charge is 2.43. The Labute approximate surface area is 331 Å². The summed E-state index contributed by atoms with van der Waals surface area (Å²) in [5, 5.41) is 0. The lowest BCUT2D eigenvalue weighted by molar-refractivity contribution is 1.24. The summed E-state index contributed by atoms with van der Waals surface area (Å²) < 4.78 is 0. The van der Waals surface area contributed by atoms with Crippen molar-refractivity contribution in [2.24, 2.45) is 0 Å². The van der Waals surface area contributed by atoms with E-state index in [1.54, 1.807) is 0 Å². The zero-order valence-corrected chi connectivity index (χ0v) is 32.6. The monoisotopic (exact) mass is 718 g/mol. The Morgan fingerprint density at radius 3 is 1.18 bits per heavy atom. The van der Waals surface area contributed by atoms with Gasteiger partial charge in [-0.25, -0.2) is 0 Å². The van der Waals surface area contributed by atoms with E-state index in [0.717, 1.165) is 11.4 Å². The minimum atomic E-state index is 0.0683. The Hall–Kier alpha value is -6.58. The summed E-state index contributed by atoms with van der Waals surface area (Å²) in [6.45, 7) is 11.2. The number of hydrogen-bond donors (Lipinski definition) is 0. The molecule has 10 rings (SSSR count). The first-order valence-electron chi connectivity index (χ1n) is 19.7. The lowest BCUT2D eigenvalue weighted by Crippen LogP contribution is -2.61. The van der Waals surface area contributed by atoms with Gasteiger partial charge in [0.2, 0.25) is 0 Å². The Morgan fingerprint density at radius 1 is 0.339 bits per heavy atom. The third-order valence-corrected chi connectivity index (χ3v) is 11.8. The predicted molar refractivity (Wildman–Crippen MR) is 240 cm³/mol. The predicted octanol–water partition coefficient (Wildman–Crippen LogP) is 12.3. The Bertz CT molecular complexity index is 2600. The van der Waals surface area contributed by atoms with Gasteiger partial charge in [-0.1, -0.05) is 138 Å². The van der Waals surface area contributed by atoms with Crippen LogP contribution >= 0.6 is 0 Å². The van der Waals surface area contributed by atoms with E-state index in [1.165, 1.54) is 100 Å². The van der Waals surface area contributed by atoms with Crippen LogP contribution in [0.25, 0.3) is 33.4 Å². The summed E-state index contributed by atoms with van der Waals surface area (Å²) >= 11 is 0. The van der Waals surface area contributed by atoms with Gasteiger partial charge in [-0.2, -0.15) is 0 Å². The molecular weight excluding hydrogens is 675 g/mol. The molecular formula is C53H43BN2. The van der Waals surface area contributed by atoms with Crippen LogP contribution in [0.1, 0.15) is 27.8 Å². The summed E-state index contributed by atoms with van der Waals surface area (Å²) in [4.78, 5) is 5.05. The molecule has 0 saturated heterocycles. The summed E-state index contributed by atoms with van der Waals surface area (Å²) in [5.74, 6) is 0. The Kier molecular flexibility index (Phi) is 8.08. The molecule has 0 aliphatic carbocycles. The number of fused-ring (bicyclic) bond motifs is 4. The van der Waals surface area contributed by atoms with Crippen LogP contribution in [-0.4, -0.2) is 6.71 Å². The highest BCUT2D eigenvalue weighted by Crippen LogP contribution is 2.47. The van der Waals surface area contributed by atoms with Gasteiger partial charge in [0, 0.05) is 34.1 Å².